The van der Waals surface area contributed by atoms with Crippen molar-refractivity contribution in [2.24, 2.45) is 4.99 Å². The molecule has 3 rings (SSSR count). The lowest BCUT2D eigenvalue weighted by Crippen LogP contribution is -1.82. The van der Waals surface area contributed by atoms with Crippen molar-refractivity contribution in [3.05, 3.63) is 42.5 Å². The van der Waals surface area contributed by atoms with Crippen LogP contribution in [0.15, 0.2) is 47.5 Å². The van der Waals surface area contributed by atoms with Crippen LogP contribution in [-0.2, 0) is 0 Å². The molecule has 1 aromatic heterocycles. The fourth-order valence-corrected chi connectivity index (χ4v) is 3.00. The van der Waals surface area contributed by atoms with Gasteiger partial charge in [0.2, 0.25) is 0 Å². The lowest BCUT2D eigenvalue weighted by atomic mass is 10.2. The van der Waals surface area contributed by atoms with E-state index in [0.29, 0.717) is 0 Å². The summed E-state index contributed by atoms with van der Waals surface area (Å²) in [6.07, 6.45) is 0. The van der Waals surface area contributed by atoms with Crippen molar-refractivity contribution < 1.29 is 4.74 Å². The normalized spacial score (nSPS) is 10.2. The van der Waals surface area contributed by atoms with Gasteiger partial charge in [0.05, 0.1) is 28.2 Å². The quantitative estimate of drug-likeness (QED) is 0.519. The second-order valence-corrected chi connectivity index (χ2v) is 5.32. The molecule has 98 valence electrons. The first-order valence-corrected chi connectivity index (χ1v) is 7.15. The molecule has 0 aliphatic rings. The molecule has 0 unspecified atom stereocenters. The van der Waals surface area contributed by atoms with Gasteiger partial charge in [0.25, 0.3) is 0 Å². The molecule has 0 amide bonds. The zero-order valence-corrected chi connectivity index (χ0v) is 12.3. The summed E-state index contributed by atoms with van der Waals surface area (Å²) < 4.78 is 6.25. The summed E-state index contributed by atoms with van der Waals surface area (Å²) in [5.41, 5.74) is 2.84. The molecule has 0 spiro atoms. The van der Waals surface area contributed by atoms with Crippen LogP contribution in [0.25, 0.3) is 20.8 Å². The molecule has 0 aliphatic carbocycles. The molecule has 20 heavy (non-hydrogen) atoms. The highest BCUT2D eigenvalue weighted by atomic mass is 32.1. The van der Waals surface area contributed by atoms with Gasteiger partial charge in [-0.2, -0.15) is 4.99 Å². The molecule has 0 saturated carbocycles. The van der Waals surface area contributed by atoms with Crippen molar-refractivity contribution in [2.45, 2.75) is 0 Å². The molecule has 1 heterocycles. The smallest absolute Gasteiger partial charge is 0.124 e. The van der Waals surface area contributed by atoms with Crippen LogP contribution >= 0.6 is 23.6 Å². The number of benzene rings is 2. The lowest BCUT2D eigenvalue weighted by molar-refractivity contribution is 0.415. The van der Waals surface area contributed by atoms with Crippen LogP contribution in [0.2, 0.25) is 0 Å². The highest BCUT2D eigenvalue weighted by Crippen LogP contribution is 2.32. The maximum atomic E-state index is 5.16. The standard InChI is InChI=1S/C15H10N2OS2/c1-18-12-5-2-10(3-6-12)15-17-13-7-4-11(16-9-19)8-14(13)20-15/h2-8H,1H3. The molecule has 0 N–H and O–H groups in total. The van der Waals surface area contributed by atoms with Crippen LogP contribution in [0, 0.1) is 0 Å². The Hall–Kier alpha value is -2.07. The number of nitrogens with zero attached hydrogens (tertiary/aromatic N) is 2. The fourth-order valence-electron chi connectivity index (χ4n) is 1.89. The highest BCUT2D eigenvalue weighted by Gasteiger charge is 2.07. The minimum Gasteiger partial charge on any atom is -0.497 e. The minimum absolute atomic E-state index is 0.803. The van der Waals surface area contributed by atoms with E-state index in [1.807, 2.05) is 42.5 Å². The van der Waals surface area contributed by atoms with E-state index < -0.39 is 0 Å². The molecule has 2 aromatic carbocycles. The summed E-state index contributed by atoms with van der Waals surface area (Å²) in [5, 5.41) is 3.36. The number of rotatable bonds is 3. The number of aromatic nitrogens is 1. The third kappa shape index (κ3) is 2.47. The number of thiazole rings is 1. The van der Waals surface area contributed by atoms with Crippen LogP contribution in [0.5, 0.6) is 5.75 Å². The summed E-state index contributed by atoms with van der Waals surface area (Å²) in [6, 6.07) is 13.7. The first kappa shape index (κ1) is 12.9. The van der Waals surface area contributed by atoms with Crippen LogP contribution in [0.1, 0.15) is 0 Å². The number of methoxy groups -OCH3 is 1. The minimum atomic E-state index is 0.803. The van der Waals surface area contributed by atoms with E-state index in [4.69, 9.17) is 4.74 Å². The molecule has 5 heteroatoms. The Morgan fingerprint density at radius 2 is 2.00 bits per heavy atom. The molecule has 0 bridgehead atoms. The Morgan fingerprint density at radius 1 is 1.20 bits per heavy atom. The summed E-state index contributed by atoms with van der Waals surface area (Å²) in [7, 11) is 1.66. The number of hydrogen-bond donors (Lipinski definition) is 0. The van der Waals surface area contributed by atoms with Gasteiger partial charge in [0, 0.05) is 5.56 Å². The summed E-state index contributed by atoms with van der Waals surface area (Å²) in [5.74, 6) is 0.840. The predicted molar refractivity (Wildman–Crippen MR) is 86.3 cm³/mol. The number of ether oxygens (including phenoxy) is 1. The molecule has 0 radical (unpaired) electrons. The number of hydrogen-bond acceptors (Lipinski definition) is 5. The van der Waals surface area contributed by atoms with Crippen molar-refractivity contribution in [3.8, 4) is 16.3 Å². The van der Waals surface area contributed by atoms with Crippen molar-refractivity contribution in [1.82, 2.24) is 4.98 Å². The maximum absolute atomic E-state index is 5.16. The highest BCUT2D eigenvalue weighted by molar-refractivity contribution is 7.78. The zero-order chi connectivity index (χ0) is 13.9. The van der Waals surface area contributed by atoms with Gasteiger partial charge in [-0.15, -0.1) is 11.3 Å². The zero-order valence-electron chi connectivity index (χ0n) is 10.7. The van der Waals surface area contributed by atoms with E-state index in [2.05, 4.69) is 27.4 Å². The maximum Gasteiger partial charge on any atom is 0.124 e. The van der Waals surface area contributed by atoms with Crippen LogP contribution in [-0.4, -0.2) is 17.3 Å². The van der Waals surface area contributed by atoms with Crippen molar-refractivity contribution in [1.29, 1.82) is 0 Å². The SMILES string of the molecule is COc1ccc(-c2nc3ccc(N=C=S)cc3s2)cc1. The van der Waals surface area contributed by atoms with Crippen molar-refractivity contribution >= 4 is 44.6 Å². The first-order chi connectivity index (χ1) is 9.80. The second kappa shape index (κ2) is 5.51. The van der Waals surface area contributed by atoms with Crippen molar-refractivity contribution in [3.63, 3.8) is 0 Å². The Balaban J connectivity index is 2.05. The number of thiocarbonyl (C=S) groups is 1. The summed E-state index contributed by atoms with van der Waals surface area (Å²) in [4.78, 5) is 8.62. The summed E-state index contributed by atoms with van der Waals surface area (Å²) >= 11 is 6.25. The van der Waals surface area contributed by atoms with E-state index in [1.54, 1.807) is 18.4 Å². The number of fused-ring (bicyclic) bond motifs is 1. The van der Waals surface area contributed by atoms with Gasteiger partial charge < -0.3 is 4.74 Å². The molecule has 0 aliphatic heterocycles. The largest absolute Gasteiger partial charge is 0.497 e. The molecule has 3 aromatic rings. The Morgan fingerprint density at radius 3 is 2.70 bits per heavy atom. The Labute approximate surface area is 125 Å². The van der Waals surface area contributed by atoms with Gasteiger partial charge in [-0.05, 0) is 54.7 Å². The van der Waals surface area contributed by atoms with Crippen molar-refractivity contribution in [2.75, 3.05) is 7.11 Å². The molecular weight excluding hydrogens is 288 g/mol. The average molecular weight is 298 g/mol. The van der Waals surface area contributed by atoms with E-state index in [9.17, 15) is 0 Å². The topological polar surface area (TPSA) is 34.5 Å². The van der Waals surface area contributed by atoms with E-state index in [0.717, 1.165) is 32.2 Å². The van der Waals surface area contributed by atoms with Gasteiger partial charge >= 0.3 is 0 Å². The van der Waals surface area contributed by atoms with Crippen LogP contribution in [0.4, 0.5) is 5.69 Å². The number of isothiocyanates is 1. The van der Waals surface area contributed by atoms with Gasteiger partial charge in [-0.1, -0.05) is 0 Å². The molecule has 0 atom stereocenters. The molecule has 0 fully saturated rings. The van der Waals surface area contributed by atoms with Gasteiger partial charge in [-0.25, -0.2) is 4.98 Å². The molecule has 0 saturated heterocycles. The third-order valence-electron chi connectivity index (χ3n) is 2.88. The van der Waals surface area contributed by atoms with E-state index in [1.165, 1.54) is 0 Å². The first-order valence-electron chi connectivity index (χ1n) is 5.93. The summed E-state index contributed by atoms with van der Waals surface area (Å²) in [6.45, 7) is 0. The van der Waals surface area contributed by atoms with Gasteiger partial charge in [-0.3, -0.25) is 0 Å². The molecular formula is C15H10N2OS2. The van der Waals surface area contributed by atoms with Gasteiger partial charge in [0.1, 0.15) is 10.8 Å². The van der Waals surface area contributed by atoms with Gasteiger partial charge in [0.15, 0.2) is 0 Å². The average Bonchev–Trinajstić information content (AvgIpc) is 2.91. The second-order valence-electron chi connectivity index (χ2n) is 4.10. The monoisotopic (exact) mass is 298 g/mol. The Bertz CT molecular complexity index is 802. The predicted octanol–water partition coefficient (Wildman–Crippen LogP) is 4.71. The molecule has 3 nitrogen and oxygen atoms in total. The fraction of sp³-hybridized carbons (Fsp3) is 0.0667. The van der Waals surface area contributed by atoms with E-state index in [-0.39, 0.29) is 0 Å². The Kier molecular flexibility index (Phi) is 3.56. The number of aliphatic imine (C=N–C) groups is 1. The lowest BCUT2D eigenvalue weighted by Gasteiger charge is -1.99. The third-order valence-corrected chi connectivity index (χ3v) is 4.04. The van der Waals surface area contributed by atoms with Crippen LogP contribution < -0.4 is 4.74 Å². The van der Waals surface area contributed by atoms with E-state index >= 15 is 0 Å². The van der Waals surface area contributed by atoms with Crippen LogP contribution in [0.3, 0.4) is 0 Å².